The van der Waals surface area contributed by atoms with Gasteiger partial charge in [-0.3, -0.25) is 4.79 Å². The van der Waals surface area contributed by atoms with E-state index in [9.17, 15) is 4.79 Å². The summed E-state index contributed by atoms with van der Waals surface area (Å²) in [5, 5.41) is 3.93. The molecule has 24 heavy (non-hydrogen) atoms. The molecule has 0 aliphatic rings. The number of methoxy groups -OCH3 is 3. The second kappa shape index (κ2) is 6.80. The quantitative estimate of drug-likeness (QED) is 0.755. The van der Waals surface area contributed by atoms with Gasteiger partial charge < -0.3 is 19.5 Å². The third-order valence-corrected chi connectivity index (χ3v) is 4.69. The van der Waals surface area contributed by atoms with Crippen molar-refractivity contribution in [1.29, 1.82) is 0 Å². The van der Waals surface area contributed by atoms with Gasteiger partial charge in [-0.25, -0.2) is 0 Å². The molecule has 0 atom stereocenters. The van der Waals surface area contributed by atoms with Crippen LogP contribution < -0.4 is 19.5 Å². The molecule has 0 saturated carbocycles. The Morgan fingerprint density at radius 3 is 2.21 bits per heavy atom. The molecule has 0 fully saturated rings. The van der Waals surface area contributed by atoms with Crippen molar-refractivity contribution in [3.8, 4) is 17.2 Å². The van der Waals surface area contributed by atoms with E-state index in [1.165, 1.54) is 32.7 Å². The first kappa shape index (κ1) is 16.1. The summed E-state index contributed by atoms with van der Waals surface area (Å²) in [6.45, 7) is 0. The van der Waals surface area contributed by atoms with E-state index >= 15 is 0 Å². The van der Waals surface area contributed by atoms with Crippen molar-refractivity contribution in [3.05, 3.63) is 47.3 Å². The Morgan fingerprint density at radius 2 is 1.62 bits per heavy atom. The van der Waals surface area contributed by atoms with Crippen molar-refractivity contribution in [3.63, 3.8) is 0 Å². The molecule has 0 saturated heterocycles. The Balaban J connectivity index is 1.91. The molecule has 1 N–H and O–H groups in total. The minimum Gasteiger partial charge on any atom is -0.493 e. The Kier molecular flexibility index (Phi) is 4.57. The molecule has 1 aromatic heterocycles. The summed E-state index contributed by atoms with van der Waals surface area (Å²) < 4.78 is 17.0. The highest BCUT2D eigenvalue weighted by Crippen LogP contribution is 2.40. The van der Waals surface area contributed by atoms with Gasteiger partial charge in [-0.1, -0.05) is 18.2 Å². The van der Waals surface area contributed by atoms with Gasteiger partial charge in [0, 0.05) is 22.5 Å². The number of fused-ring (bicyclic) bond motifs is 1. The average molecular weight is 343 g/mol. The minimum absolute atomic E-state index is 0.175. The van der Waals surface area contributed by atoms with Gasteiger partial charge in [0.25, 0.3) is 5.91 Å². The van der Waals surface area contributed by atoms with Crippen LogP contribution in [0.3, 0.4) is 0 Å². The number of carbonyl (C=O) groups excluding carboxylic acids is 1. The maximum absolute atomic E-state index is 12.5. The highest BCUT2D eigenvalue weighted by molar-refractivity contribution is 7.20. The first-order chi connectivity index (χ1) is 11.7. The van der Waals surface area contributed by atoms with Gasteiger partial charge in [-0.15, -0.1) is 11.3 Å². The molecule has 0 radical (unpaired) electrons. The summed E-state index contributed by atoms with van der Waals surface area (Å²) in [6, 6.07) is 13.2. The number of nitrogens with one attached hydrogen (secondary N) is 1. The number of anilines is 1. The second-order valence-corrected chi connectivity index (χ2v) is 6.10. The summed E-state index contributed by atoms with van der Waals surface area (Å²) in [6.07, 6.45) is 0. The third-order valence-electron chi connectivity index (χ3n) is 3.57. The molecule has 0 aliphatic heterocycles. The predicted molar refractivity (Wildman–Crippen MR) is 95.9 cm³/mol. The van der Waals surface area contributed by atoms with Crippen LogP contribution in [0.25, 0.3) is 10.1 Å². The molecule has 0 spiro atoms. The lowest BCUT2D eigenvalue weighted by Gasteiger charge is -2.14. The smallest absolute Gasteiger partial charge is 0.265 e. The van der Waals surface area contributed by atoms with Gasteiger partial charge in [0.2, 0.25) is 5.75 Å². The van der Waals surface area contributed by atoms with Crippen LogP contribution in [-0.4, -0.2) is 27.2 Å². The number of benzene rings is 2. The normalized spacial score (nSPS) is 10.5. The summed E-state index contributed by atoms with van der Waals surface area (Å²) in [5.74, 6) is 1.29. The average Bonchev–Trinajstić information content (AvgIpc) is 3.05. The second-order valence-electron chi connectivity index (χ2n) is 5.02. The highest BCUT2D eigenvalue weighted by atomic mass is 32.1. The molecular formula is C18H17NO4S. The molecule has 1 amide bonds. The fraction of sp³-hybridized carbons (Fsp3) is 0.167. The lowest BCUT2D eigenvalue weighted by molar-refractivity contribution is 0.103. The number of thiophene rings is 1. The number of ether oxygens (including phenoxy) is 3. The first-order valence-corrected chi connectivity index (χ1v) is 8.08. The third kappa shape index (κ3) is 3.00. The van der Waals surface area contributed by atoms with Crippen LogP contribution in [0.5, 0.6) is 17.2 Å². The van der Waals surface area contributed by atoms with Crippen molar-refractivity contribution in [2.45, 2.75) is 0 Å². The maximum Gasteiger partial charge on any atom is 0.265 e. The number of amides is 1. The molecule has 2 aromatic carbocycles. The molecule has 0 unspecified atom stereocenters. The van der Waals surface area contributed by atoms with Gasteiger partial charge in [0.05, 0.1) is 26.2 Å². The zero-order chi connectivity index (χ0) is 17.1. The lowest BCUT2D eigenvalue weighted by Crippen LogP contribution is -2.10. The van der Waals surface area contributed by atoms with Gasteiger partial charge in [0.15, 0.2) is 11.5 Å². The molecule has 6 heteroatoms. The van der Waals surface area contributed by atoms with Gasteiger partial charge >= 0.3 is 0 Å². The fourth-order valence-electron chi connectivity index (χ4n) is 2.44. The number of rotatable bonds is 5. The molecule has 3 aromatic rings. The van der Waals surface area contributed by atoms with E-state index < -0.39 is 0 Å². The van der Waals surface area contributed by atoms with E-state index in [0.717, 1.165) is 10.1 Å². The van der Waals surface area contributed by atoms with E-state index in [2.05, 4.69) is 5.32 Å². The number of hydrogen-bond donors (Lipinski definition) is 1. The molecule has 3 rings (SSSR count). The molecule has 0 aliphatic carbocycles. The van der Waals surface area contributed by atoms with Crippen LogP contribution >= 0.6 is 11.3 Å². The molecule has 5 nitrogen and oxygen atoms in total. The highest BCUT2D eigenvalue weighted by Gasteiger charge is 2.16. The summed E-state index contributed by atoms with van der Waals surface area (Å²) >= 11 is 1.45. The summed E-state index contributed by atoms with van der Waals surface area (Å²) in [7, 11) is 4.61. The van der Waals surface area contributed by atoms with Crippen molar-refractivity contribution in [1.82, 2.24) is 0 Å². The molecular weight excluding hydrogens is 326 g/mol. The zero-order valence-corrected chi connectivity index (χ0v) is 14.4. The Morgan fingerprint density at radius 1 is 0.958 bits per heavy atom. The zero-order valence-electron chi connectivity index (χ0n) is 13.6. The van der Waals surface area contributed by atoms with Crippen molar-refractivity contribution in [2.75, 3.05) is 26.6 Å². The molecule has 1 heterocycles. The van der Waals surface area contributed by atoms with Crippen LogP contribution in [0.15, 0.2) is 42.5 Å². The summed E-state index contributed by atoms with van der Waals surface area (Å²) in [5.41, 5.74) is 0.576. The number of hydrogen-bond acceptors (Lipinski definition) is 5. The van der Waals surface area contributed by atoms with Crippen LogP contribution in [0, 0.1) is 0 Å². The molecule has 0 bridgehead atoms. The van der Waals surface area contributed by atoms with Gasteiger partial charge in [-0.05, 0) is 17.5 Å². The first-order valence-electron chi connectivity index (χ1n) is 7.26. The lowest BCUT2D eigenvalue weighted by atomic mass is 10.2. The predicted octanol–water partition coefficient (Wildman–Crippen LogP) is 4.18. The van der Waals surface area contributed by atoms with Crippen LogP contribution in [0.4, 0.5) is 5.69 Å². The van der Waals surface area contributed by atoms with Crippen LogP contribution in [0.1, 0.15) is 9.67 Å². The van der Waals surface area contributed by atoms with E-state index in [1.54, 1.807) is 12.1 Å². The standard InChI is InChI=1S/C18H17NO4S/c1-21-13-9-12(10-14(22-2)17(13)23-3)19-18(20)16-8-11-6-4-5-7-15(11)24-16/h4-10H,1-3H3,(H,19,20). The van der Waals surface area contributed by atoms with Crippen LogP contribution in [0.2, 0.25) is 0 Å². The topological polar surface area (TPSA) is 56.8 Å². The van der Waals surface area contributed by atoms with Crippen molar-refractivity contribution < 1.29 is 19.0 Å². The van der Waals surface area contributed by atoms with Crippen molar-refractivity contribution >= 4 is 33.0 Å². The van der Waals surface area contributed by atoms with E-state index in [-0.39, 0.29) is 5.91 Å². The molecule has 124 valence electrons. The van der Waals surface area contributed by atoms with E-state index in [4.69, 9.17) is 14.2 Å². The maximum atomic E-state index is 12.5. The monoisotopic (exact) mass is 343 g/mol. The summed E-state index contributed by atoms with van der Waals surface area (Å²) in [4.78, 5) is 13.2. The van der Waals surface area contributed by atoms with Crippen LogP contribution in [-0.2, 0) is 0 Å². The van der Waals surface area contributed by atoms with E-state index in [1.807, 2.05) is 30.3 Å². The largest absolute Gasteiger partial charge is 0.493 e. The minimum atomic E-state index is -0.175. The number of carbonyl (C=O) groups is 1. The SMILES string of the molecule is COc1cc(NC(=O)c2cc3ccccc3s2)cc(OC)c1OC. The Labute approximate surface area is 143 Å². The van der Waals surface area contributed by atoms with Gasteiger partial charge in [-0.2, -0.15) is 0 Å². The Hall–Kier alpha value is -2.73. The Bertz CT molecular complexity index is 830. The van der Waals surface area contributed by atoms with E-state index in [0.29, 0.717) is 27.8 Å². The van der Waals surface area contributed by atoms with Gasteiger partial charge in [0.1, 0.15) is 0 Å². The fourth-order valence-corrected chi connectivity index (χ4v) is 3.40. The van der Waals surface area contributed by atoms with Crippen molar-refractivity contribution in [2.24, 2.45) is 0 Å².